The molecule has 6 nitrogen and oxygen atoms in total. The van der Waals surface area contributed by atoms with Gasteiger partial charge >= 0.3 is 0 Å². The summed E-state index contributed by atoms with van der Waals surface area (Å²) >= 11 is 0. The van der Waals surface area contributed by atoms with Crippen molar-refractivity contribution >= 4 is 5.91 Å². The van der Waals surface area contributed by atoms with Gasteiger partial charge in [-0.25, -0.2) is 0 Å². The summed E-state index contributed by atoms with van der Waals surface area (Å²) in [5, 5.41) is 10.3. The lowest BCUT2D eigenvalue weighted by Crippen LogP contribution is -2.23. The van der Waals surface area contributed by atoms with Gasteiger partial charge in [0.05, 0.1) is 6.54 Å². The zero-order chi connectivity index (χ0) is 14.7. The van der Waals surface area contributed by atoms with E-state index < -0.39 is 0 Å². The number of nitrogens with one attached hydrogen (secondary N) is 1. The molecule has 0 bridgehead atoms. The Morgan fingerprint density at radius 2 is 1.95 bits per heavy atom. The third-order valence-corrected chi connectivity index (χ3v) is 2.91. The van der Waals surface area contributed by atoms with E-state index in [1.807, 2.05) is 30.3 Å². The summed E-state index contributed by atoms with van der Waals surface area (Å²) in [6.07, 6.45) is 0. The van der Waals surface area contributed by atoms with Gasteiger partial charge in [0.15, 0.2) is 11.5 Å². The first-order valence-corrected chi connectivity index (χ1v) is 6.45. The SMILES string of the molecule is Cc1cc(C(=O)NCc2cc(-c3ccccc3)on2)no1. The number of hydrogen-bond acceptors (Lipinski definition) is 5. The number of nitrogens with zero attached hydrogens (tertiary/aromatic N) is 2. The van der Waals surface area contributed by atoms with E-state index in [0.29, 0.717) is 17.2 Å². The van der Waals surface area contributed by atoms with Crippen LogP contribution in [0.5, 0.6) is 0 Å². The molecule has 0 saturated heterocycles. The van der Waals surface area contributed by atoms with Crippen LogP contribution < -0.4 is 5.32 Å². The van der Waals surface area contributed by atoms with Gasteiger partial charge in [0, 0.05) is 17.7 Å². The van der Waals surface area contributed by atoms with Crippen LogP contribution in [0.25, 0.3) is 11.3 Å². The van der Waals surface area contributed by atoms with Crippen LogP contribution in [0, 0.1) is 6.92 Å². The van der Waals surface area contributed by atoms with Gasteiger partial charge in [0.1, 0.15) is 11.5 Å². The monoisotopic (exact) mass is 283 g/mol. The van der Waals surface area contributed by atoms with E-state index in [1.54, 1.807) is 19.1 Å². The van der Waals surface area contributed by atoms with Crippen molar-refractivity contribution < 1.29 is 13.8 Å². The van der Waals surface area contributed by atoms with Crippen molar-refractivity contribution in [3.05, 3.63) is 59.6 Å². The van der Waals surface area contributed by atoms with Gasteiger partial charge in [-0.15, -0.1) is 0 Å². The number of aryl methyl sites for hydroxylation is 1. The highest BCUT2D eigenvalue weighted by atomic mass is 16.5. The Kier molecular flexibility index (Phi) is 3.51. The standard InChI is InChI=1S/C15H13N3O3/c1-10-7-13(18-20-10)15(19)16-9-12-8-14(21-17-12)11-5-3-2-4-6-11/h2-8H,9H2,1H3,(H,16,19). The topological polar surface area (TPSA) is 81.2 Å². The molecule has 0 spiro atoms. The predicted molar refractivity (Wildman–Crippen MR) is 74.3 cm³/mol. The van der Waals surface area contributed by atoms with E-state index in [-0.39, 0.29) is 18.1 Å². The molecule has 0 aliphatic heterocycles. The molecule has 1 aromatic carbocycles. The molecule has 0 fully saturated rings. The molecular weight excluding hydrogens is 270 g/mol. The van der Waals surface area contributed by atoms with Crippen molar-refractivity contribution in [2.75, 3.05) is 0 Å². The molecule has 106 valence electrons. The number of aromatic nitrogens is 2. The Morgan fingerprint density at radius 1 is 1.14 bits per heavy atom. The Morgan fingerprint density at radius 3 is 2.67 bits per heavy atom. The van der Waals surface area contributed by atoms with E-state index in [2.05, 4.69) is 15.6 Å². The van der Waals surface area contributed by atoms with Crippen LogP contribution in [0.3, 0.4) is 0 Å². The van der Waals surface area contributed by atoms with Crippen molar-refractivity contribution in [2.24, 2.45) is 0 Å². The molecule has 2 aromatic heterocycles. The van der Waals surface area contributed by atoms with Gasteiger partial charge in [-0.1, -0.05) is 40.6 Å². The molecule has 0 unspecified atom stereocenters. The molecule has 6 heteroatoms. The maximum absolute atomic E-state index is 11.8. The average Bonchev–Trinajstić information content (AvgIpc) is 3.15. The maximum atomic E-state index is 11.8. The number of rotatable bonds is 4. The Hall–Kier alpha value is -2.89. The lowest BCUT2D eigenvalue weighted by atomic mass is 10.2. The molecule has 0 aliphatic carbocycles. The minimum absolute atomic E-state index is 0.249. The van der Waals surface area contributed by atoms with Gasteiger partial charge in [-0.2, -0.15) is 0 Å². The molecule has 0 saturated carbocycles. The predicted octanol–water partition coefficient (Wildman–Crippen LogP) is 2.57. The molecule has 3 aromatic rings. The van der Waals surface area contributed by atoms with Crippen molar-refractivity contribution in [2.45, 2.75) is 13.5 Å². The third kappa shape index (κ3) is 3.00. The molecular formula is C15H13N3O3. The summed E-state index contributed by atoms with van der Waals surface area (Å²) in [4.78, 5) is 11.8. The third-order valence-electron chi connectivity index (χ3n) is 2.91. The second-order valence-corrected chi connectivity index (χ2v) is 4.55. The average molecular weight is 283 g/mol. The normalized spacial score (nSPS) is 10.5. The molecule has 0 radical (unpaired) electrons. The molecule has 2 heterocycles. The largest absolute Gasteiger partial charge is 0.361 e. The minimum atomic E-state index is -0.309. The lowest BCUT2D eigenvalue weighted by Gasteiger charge is -1.97. The van der Waals surface area contributed by atoms with Crippen molar-refractivity contribution in [3.8, 4) is 11.3 Å². The van der Waals surface area contributed by atoms with E-state index in [1.165, 1.54) is 0 Å². The van der Waals surface area contributed by atoms with Crippen LogP contribution in [-0.4, -0.2) is 16.2 Å². The molecule has 1 N–H and O–H groups in total. The van der Waals surface area contributed by atoms with Crippen LogP contribution in [0.2, 0.25) is 0 Å². The highest BCUT2D eigenvalue weighted by Crippen LogP contribution is 2.19. The second kappa shape index (κ2) is 5.62. The Labute approximate surface area is 120 Å². The summed E-state index contributed by atoms with van der Waals surface area (Å²) in [6.45, 7) is 1.99. The smallest absolute Gasteiger partial charge is 0.273 e. The number of hydrogen-bond donors (Lipinski definition) is 1. The molecule has 1 amide bonds. The summed E-state index contributed by atoms with van der Waals surface area (Å²) < 4.78 is 10.1. The fourth-order valence-electron chi connectivity index (χ4n) is 1.87. The highest BCUT2D eigenvalue weighted by molar-refractivity contribution is 5.92. The molecule has 0 atom stereocenters. The number of benzene rings is 1. The number of carbonyl (C=O) groups excluding carboxylic acids is 1. The highest BCUT2D eigenvalue weighted by Gasteiger charge is 2.12. The first-order chi connectivity index (χ1) is 10.2. The number of amides is 1. The first-order valence-electron chi connectivity index (χ1n) is 6.45. The van der Waals surface area contributed by atoms with Gasteiger partial charge in [0.25, 0.3) is 5.91 Å². The summed E-state index contributed by atoms with van der Waals surface area (Å²) in [5.74, 6) is 0.946. The van der Waals surface area contributed by atoms with Gasteiger partial charge in [-0.3, -0.25) is 4.79 Å². The lowest BCUT2D eigenvalue weighted by molar-refractivity contribution is 0.0941. The first kappa shape index (κ1) is 13.1. The quantitative estimate of drug-likeness (QED) is 0.795. The van der Waals surface area contributed by atoms with Crippen LogP contribution >= 0.6 is 0 Å². The Bertz CT molecular complexity index is 746. The van der Waals surface area contributed by atoms with Crippen molar-refractivity contribution in [1.82, 2.24) is 15.6 Å². The molecule has 0 aliphatic rings. The van der Waals surface area contributed by atoms with Crippen LogP contribution in [0.1, 0.15) is 21.9 Å². The summed E-state index contributed by atoms with van der Waals surface area (Å²) in [5.41, 5.74) is 1.83. The molecule has 3 rings (SSSR count). The van der Waals surface area contributed by atoms with E-state index in [9.17, 15) is 4.79 Å². The van der Waals surface area contributed by atoms with Crippen LogP contribution in [0.15, 0.2) is 51.5 Å². The van der Waals surface area contributed by atoms with Crippen molar-refractivity contribution in [1.29, 1.82) is 0 Å². The zero-order valence-electron chi connectivity index (χ0n) is 11.4. The summed E-state index contributed by atoms with van der Waals surface area (Å²) in [6, 6.07) is 13.0. The van der Waals surface area contributed by atoms with Gasteiger partial charge < -0.3 is 14.4 Å². The Balaban J connectivity index is 1.64. The van der Waals surface area contributed by atoms with Crippen LogP contribution in [-0.2, 0) is 6.54 Å². The number of carbonyl (C=O) groups is 1. The van der Waals surface area contributed by atoms with E-state index >= 15 is 0 Å². The fraction of sp³-hybridized carbons (Fsp3) is 0.133. The minimum Gasteiger partial charge on any atom is -0.361 e. The second-order valence-electron chi connectivity index (χ2n) is 4.55. The summed E-state index contributed by atoms with van der Waals surface area (Å²) in [7, 11) is 0. The molecule has 21 heavy (non-hydrogen) atoms. The fourth-order valence-corrected chi connectivity index (χ4v) is 1.87. The van der Waals surface area contributed by atoms with Gasteiger partial charge in [-0.05, 0) is 6.92 Å². The maximum Gasteiger partial charge on any atom is 0.273 e. The van der Waals surface area contributed by atoms with Crippen molar-refractivity contribution in [3.63, 3.8) is 0 Å². The zero-order valence-corrected chi connectivity index (χ0v) is 11.4. The van der Waals surface area contributed by atoms with E-state index in [4.69, 9.17) is 9.05 Å². The van der Waals surface area contributed by atoms with E-state index in [0.717, 1.165) is 5.56 Å². The van der Waals surface area contributed by atoms with Crippen LogP contribution in [0.4, 0.5) is 0 Å². The van der Waals surface area contributed by atoms with Gasteiger partial charge in [0.2, 0.25) is 0 Å².